The van der Waals surface area contributed by atoms with E-state index in [-0.39, 0.29) is 11.8 Å². The van der Waals surface area contributed by atoms with Gasteiger partial charge in [-0.05, 0) is 55.7 Å². The summed E-state index contributed by atoms with van der Waals surface area (Å²) >= 11 is 0. The van der Waals surface area contributed by atoms with E-state index in [1.54, 1.807) is 30.7 Å². The number of pyridine rings is 3. The molecule has 0 saturated heterocycles. The minimum atomic E-state index is -0.233. The van der Waals surface area contributed by atoms with E-state index in [1.807, 2.05) is 13.0 Å². The van der Waals surface area contributed by atoms with Gasteiger partial charge in [-0.25, -0.2) is 21.3 Å². The molecular weight excluding hydrogens is 432 g/mol. The summed E-state index contributed by atoms with van der Waals surface area (Å²) in [5.74, 6) is 6.37. The van der Waals surface area contributed by atoms with Gasteiger partial charge < -0.3 is 22.5 Å². The Bertz CT molecular complexity index is 1290. The van der Waals surface area contributed by atoms with Gasteiger partial charge in [0, 0.05) is 35.3 Å². The molecule has 0 aliphatic heterocycles. The molecule has 1 amide bonds. The van der Waals surface area contributed by atoms with E-state index in [0.717, 1.165) is 47.8 Å². The number of allylic oxidation sites excluding steroid dienone is 1. The summed E-state index contributed by atoms with van der Waals surface area (Å²) in [4.78, 5) is 25.6. The lowest BCUT2D eigenvalue weighted by molar-refractivity contribution is -0.112. The Morgan fingerprint density at radius 1 is 1.18 bits per heavy atom. The van der Waals surface area contributed by atoms with E-state index in [4.69, 9.17) is 23.0 Å². The van der Waals surface area contributed by atoms with Crippen LogP contribution in [0.5, 0.6) is 0 Å². The molecule has 0 unspecified atom stereocenters. The van der Waals surface area contributed by atoms with Crippen LogP contribution in [0.4, 0.5) is 17.3 Å². The molecule has 4 rings (SSSR count). The molecule has 3 aromatic rings. The second-order valence-electron chi connectivity index (χ2n) is 8.32. The predicted octanol–water partition coefficient (Wildman–Crippen LogP) is 1.96. The number of nitrogens with zero attached hydrogens (tertiary/aromatic N) is 4. The van der Waals surface area contributed by atoms with Crippen molar-refractivity contribution in [3.05, 3.63) is 47.9 Å². The molecule has 11 heteroatoms. The summed E-state index contributed by atoms with van der Waals surface area (Å²) in [6, 6.07) is 3.66. The molecule has 10 N–H and O–H groups in total. The van der Waals surface area contributed by atoms with E-state index in [0.29, 0.717) is 34.2 Å². The fraction of sp³-hybridized carbons (Fsp3) is 0.261. The standard InChI is InChI=1S/C23H28N10O/c1-12-16(9-28-11-18(12)24)19-7-15-8-20(29-10-17(15)23(26)30-19)31-21(34)6-13-2-4-14(5-3-13)22(25)32-33-27/h6-11,14,33H,2-5,24,27H2,1H3,(H2,25,32)(H2,26,30)(H,29,31,34). The highest BCUT2D eigenvalue weighted by molar-refractivity contribution is 6.01. The number of nitrogen functional groups attached to an aromatic ring is 2. The van der Waals surface area contributed by atoms with Crippen LogP contribution in [0.25, 0.3) is 22.0 Å². The normalized spacial score (nSPS) is 16.4. The number of hydrogen-bond acceptors (Lipinski definition) is 9. The van der Waals surface area contributed by atoms with Crippen molar-refractivity contribution in [1.82, 2.24) is 20.5 Å². The number of fused-ring (bicyclic) bond motifs is 1. The molecule has 3 heterocycles. The number of amides is 1. The molecule has 0 aromatic carbocycles. The van der Waals surface area contributed by atoms with Crippen LogP contribution in [0.3, 0.4) is 0 Å². The lowest BCUT2D eigenvalue weighted by atomic mass is 9.85. The quantitative estimate of drug-likeness (QED) is 0.108. The first-order valence-electron chi connectivity index (χ1n) is 10.9. The SMILES string of the molecule is Cc1c(N)cncc1-c1cc2cc(NC(=O)C=C3CCC(/C(N)=N/NN)CC3)ncc2c(N)n1. The average molecular weight is 461 g/mol. The fourth-order valence-corrected chi connectivity index (χ4v) is 4.12. The lowest BCUT2D eigenvalue weighted by Crippen LogP contribution is -2.30. The van der Waals surface area contributed by atoms with Crippen LogP contribution in [0, 0.1) is 12.8 Å². The van der Waals surface area contributed by atoms with Gasteiger partial charge in [0.1, 0.15) is 17.5 Å². The van der Waals surface area contributed by atoms with Crippen LogP contribution in [0.2, 0.25) is 0 Å². The van der Waals surface area contributed by atoms with E-state index in [2.05, 4.69) is 30.9 Å². The Kier molecular flexibility index (Phi) is 6.55. The lowest BCUT2D eigenvalue weighted by Gasteiger charge is -2.23. The number of amidine groups is 1. The molecule has 1 saturated carbocycles. The number of anilines is 3. The number of rotatable bonds is 5. The van der Waals surface area contributed by atoms with Crippen molar-refractivity contribution < 1.29 is 4.79 Å². The number of carbonyl (C=O) groups is 1. The van der Waals surface area contributed by atoms with Gasteiger partial charge in [0.25, 0.3) is 0 Å². The minimum Gasteiger partial charge on any atom is -0.397 e. The zero-order chi connectivity index (χ0) is 24.2. The summed E-state index contributed by atoms with van der Waals surface area (Å²) in [5, 5.41) is 8.18. The summed E-state index contributed by atoms with van der Waals surface area (Å²) in [6.45, 7) is 1.91. The molecule has 3 aromatic heterocycles. The van der Waals surface area contributed by atoms with E-state index < -0.39 is 0 Å². The third-order valence-corrected chi connectivity index (χ3v) is 6.10. The van der Waals surface area contributed by atoms with Crippen LogP contribution >= 0.6 is 0 Å². The van der Waals surface area contributed by atoms with Gasteiger partial charge in [0.05, 0.1) is 17.6 Å². The highest BCUT2D eigenvalue weighted by atomic mass is 16.1. The molecule has 0 atom stereocenters. The van der Waals surface area contributed by atoms with Crippen LogP contribution in [0.15, 0.2) is 47.5 Å². The molecule has 0 bridgehead atoms. The molecule has 0 radical (unpaired) electrons. The number of carbonyl (C=O) groups excluding carboxylic acids is 1. The molecule has 1 aliphatic rings. The first kappa shape index (κ1) is 22.9. The van der Waals surface area contributed by atoms with Gasteiger partial charge in [0.2, 0.25) is 5.91 Å². The first-order valence-corrected chi connectivity index (χ1v) is 10.9. The van der Waals surface area contributed by atoms with Crippen LogP contribution in [-0.4, -0.2) is 26.7 Å². The maximum absolute atomic E-state index is 12.6. The largest absolute Gasteiger partial charge is 0.397 e. The van der Waals surface area contributed by atoms with Crippen molar-refractivity contribution in [1.29, 1.82) is 0 Å². The van der Waals surface area contributed by atoms with Crippen molar-refractivity contribution >= 4 is 39.8 Å². The number of hydrogen-bond donors (Lipinski definition) is 6. The molecule has 11 nitrogen and oxygen atoms in total. The van der Waals surface area contributed by atoms with Crippen molar-refractivity contribution in [2.24, 2.45) is 22.6 Å². The molecule has 34 heavy (non-hydrogen) atoms. The number of nitrogens with two attached hydrogens (primary N) is 4. The second-order valence-corrected chi connectivity index (χ2v) is 8.32. The van der Waals surface area contributed by atoms with Crippen LogP contribution in [0.1, 0.15) is 31.2 Å². The summed E-state index contributed by atoms with van der Waals surface area (Å²) < 4.78 is 0. The number of aromatic nitrogens is 3. The highest BCUT2D eigenvalue weighted by Crippen LogP contribution is 2.31. The highest BCUT2D eigenvalue weighted by Gasteiger charge is 2.20. The van der Waals surface area contributed by atoms with Crippen molar-refractivity contribution in [3.8, 4) is 11.3 Å². The van der Waals surface area contributed by atoms with Gasteiger partial charge in [-0.1, -0.05) is 5.57 Å². The monoisotopic (exact) mass is 460 g/mol. The van der Waals surface area contributed by atoms with Gasteiger partial charge in [0.15, 0.2) is 0 Å². The third kappa shape index (κ3) is 4.89. The molecule has 1 fully saturated rings. The Balaban J connectivity index is 1.51. The van der Waals surface area contributed by atoms with E-state index in [1.165, 1.54) is 0 Å². The van der Waals surface area contributed by atoms with E-state index in [9.17, 15) is 4.79 Å². The smallest absolute Gasteiger partial charge is 0.249 e. The summed E-state index contributed by atoms with van der Waals surface area (Å²) in [5.41, 5.74) is 24.3. The maximum atomic E-state index is 12.6. The summed E-state index contributed by atoms with van der Waals surface area (Å²) in [7, 11) is 0. The van der Waals surface area contributed by atoms with Crippen molar-refractivity contribution in [2.45, 2.75) is 32.6 Å². The van der Waals surface area contributed by atoms with Gasteiger partial charge >= 0.3 is 0 Å². The Morgan fingerprint density at radius 2 is 1.94 bits per heavy atom. The Labute approximate surface area is 196 Å². The van der Waals surface area contributed by atoms with Crippen molar-refractivity contribution in [3.63, 3.8) is 0 Å². The second kappa shape index (κ2) is 9.71. The minimum absolute atomic E-state index is 0.158. The average Bonchev–Trinajstić information content (AvgIpc) is 2.81. The van der Waals surface area contributed by atoms with Crippen LogP contribution < -0.4 is 33.9 Å². The molecule has 0 spiro atoms. The number of hydrazone groups is 1. The van der Waals surface area contributed by atoms with Gasteiger partial charge in [-0.2, -0.15) is 5.10 Å². The zero-order valence-corrected chi connectivity index (χ0v) is 18.9. The predicted molar refractivity (Wildman–Crippen MR) is 134 cm³/mol. The first-order chi connectivity index (χ1) is 16.4. The third-order valence-electron chi connectivity index (χ3n) is 6.10. The zero-order valence-electron chi connectivity index (χ0n) is 18.9. The van der Waals surface area contributed by atoms with Crippen LogP contribution in [-0.2, 0) is 4.79 Å². The summed E-state index contributed by atoms with van der Waals surface area (Å²) in [6.07, 6.45) is 9.71. The van der Waals surface area contributed by atoms with E-state index >= 15 is 0 Å². The molecule has 176 valence electrons. The fourth-order valence-electron chi connectivity index (χ4n) is 4.12. The Hall–Kier alpha value is -4.25. The van der Waals surface area contributed by atoms with Crippen molar-refractivity contribution in [2.75, 3.05) is 16.8 Å². The van der Waals surface area contributed by atoms with Gasteiger partial charge in [-0.15, -0.1) is 0 Å². The maximum Gasteiger partial charge on any atom is 0.249 e. The molecular formula is C23H28N10O. The van der Waals surface area contributed by atoms with Gasteiger partial charge in [-0.3, -0.25) is 9.78 Å². The molecule has 1 aliphatic carbocycles. The Morgan fingerprint density at radius 3 is 2.68 bits per heavy atom. The topological polar surface area (TPSA) is 196 Å². The number of hydrazine groups is 1. The number of nitrogens with one attached hydrogen (secondary N) is 2.